The van der Waals surface area contributed by atoms with E-state index in [0.29, 0.717) is 6.10 Å². The highest BCUT2D eigenvalue weighted by atomic mass is 16.5. The highest BCUT2D eigenvalue weighted by molar-refractivity contribution is 4.80. The lowest BCUT2D eigenvalue weighted by Gasteiger charge is -2.23. The van der Waals surface area contributed by atoms with Gasteiger partial charge in [-0.25, -0.2) is 0 Å². The topological polar surface area (TPSA) is 24.5 Å². The van der Waals surface area contributed by atoms with E-state index in [-0.39, 0.29) is 0 Å². The normalized spacial score (nSPS) is 31.3. The number of nitrogens with zero attached hydrogens (tertiary/aromatic N) is 1. The Morgan fingerprint density at radius 2 is 2.25 bits per heavy atom. The summed E-state index contributed by atoms with van der Waals surface area (Å²) in [5.41, 5.74) is 0. The molecule has 94 valence electrons. The second kappa shape index (κ2) is 6.58. The zero-order valence-corrected chi connectivity index (χ0v) is 10.6. The van der Waals surface area contributed by atoms with Crippen molar-refractivity contribution in [3.8, 4) is 0 Å². The maximum absolute atomic E-state index is 5.62. The van der Waals surface area contributed by atoms with Gasteiger partial charge in [0.25, 0.3) is 0 Å². The second-order valence-corrected chi connectivity index (χ2v) is 5.05. The number of ether oxygens (including phenoxy) is 1. The monoisotopic (exact) mass is 226 g/mol. The van der Waals surface area contributed by atoms with Crippen LogP contribution >= 0.6 is 0 Å². The molecule has 2 aliphatic heterocycles. The SMILES string of the molecule is CCN1CCCC1CNCCC1CCCO1. The van der Waals surface area contributed by atoms with Crippen molar-refractivity contribution in [2.24, 2.45) is 0 Å². The molecule has 3 heteroatoms. The Balaban J connectivity index is 1.53. The molecule has 2 aliphatic rings. The van der Waals surface area contributed by atoms with Crippen LogP contribution in [0.4, 0.5) is 0 Å². The number of likely N-dealkylation sites (tertiary alicyclic amines) is 1. The zero-order valence-electron chi connectivity index (χ0n) is 10.6. The summed E-state index contributed by atoms with van der Waals surface area (Å²) >= 11 is 0. The van der Waals surface area contributed by atoms with Crippen molar-refractivity contribution in [2.45, 2.75) is 51.2 Å². The largest absolute Gasteiger partial charge is 0.378 e. The highest BCUT2D eigenvalue weighted by Gasteiger charge is 2.22. The quantitative estimate of drug-likeness (QED) is 0.697. The van der Waals surface area contributed by atoms with Crippen LogP contribution in [0, 0.1) is 0 Å². The van der Waals surface area contributed by atoms with E-state index in [9.17, 15) is 0 Å². The van der Waals surface area contributed by atoms with Gasteiger partial charge >= 0.3 is 0 Å². The van der Waals surface area contributed by atoms with Crippen molar-refractivity contribution >= 4 is 0 Å². The van der Waals surface area contributed by atoms with Crippen LogP contribution < -0.4 is 5.32 Å². The zero-order chi connectivity index (χ0) is 11.2. The number of nitrogens with one attached hydrogen (secondary N) is 1. The summed E-state index contributed by atoms with van der Waals surface area (Å²) in [6, 6.07) is 0.787. The van der Waals surface area contributed by atoms with Crippen molar-refractivity contribution in [3.63, 3.8) is 0 Å². The number of rotatable bonds is 6. The molecule has 0 bridgehead atoms. The molecule has 3 nitrogen and oxygen atoms in total. The lowest BCUT2D eigenvalue weighted by molar-refractivity contribution is 0.103. The molecular weight excluding hydrogens is 200 g/mol. The average Bonchev–Trinajstić information content (AvgIpc) is 2.95. The van der Waals surface area contributed by atoms with Crippen molar-refractivity contribution < 1.29 is 4.74 Å². The molecule has 2 saturated heterocycles. The van der Waals surface area contributed by atoms with E-state index < -0.39 is 0 Å². The number of hydrogen-bond donors (Lipinski definition) is 1. The Kier molecular flexibility index (Phi) is 5.07. The van der Waals surface area contributed by atoms with Gasteiger partial charge in [-0.2, -0.15) is 0 Å². The van der Waals surface area contributed by atoms with Crippen LogP contribution in [0.15, 0.2) is 0 Å². The minimum absolute atomic E-state index is 0.540. The van der Waals surface area contributed by atoms with E-state index in [1.165, 1.54) is 51.7 Å². The Morgan fingerprint density at radius 3 is 3.00 bits per heavy atom. The van der Waals surface area contributed by atoms with Crippen LogP contribution in [0.3, 0.4) is 0 Å². The fraction of sp³-hybridized carbons (Fsp3) is 1.00. The van der Waals surface area contributed by atoms with Crippen molar-refractivity contribution in [1.82, 2.24) is 10.2 Å². The summed E-state index contributed by atoms with van der Waals surface area (Å²) in [6.45, 7) is 8.05. The summed E-state index contributed by atoms with van der Waals surface area (Å²) in [5.74, 6) is 0. The van der Waals surface area contributed by atoms with E-state index in [2.05, 4.69) is 17.1 Å². The predicted molar refractivity (Wildman–Crippen MR) is 66.7 cm³/mol. The first-order valence-electron chi connectivity index (χ1n) is 6.96. The molecule has 0 aromatic carbocycles. The van der Waals surface area contributed by atoms with Crippen molar-refractivity contribution in [2.75, 3.05) is 32.8 Å². The predicted octanol–water partition coefficient (Wildman–Crippen LogP) is 1.63. The van der Waals surface area contributed by atoms with Gasteiger partial charge in [-0.05, 0) is 51.7 Å². The van der Waals surface area contributed by atoms with Crippen LogP contribution in [-0.2, 0) is 4.74 Å². The Labute approximate surface area is 99.5 Å². The molecule has 16 heavy (non-hydrogen) atoms. The van der Waals surface area contributed by atoms with E-state index in [4.69, 9.17) is 4.74 Å². The van der Waals surface area contributed by atoms with E-state index in [1.54, 1.807) is 0 Å². The fourth-order valence-electron chi connectivity index (χ4n) is 2.95. The lowest BCUT2D eigenvalue weighted by Crippen LogP contribution is -2.38. The summed E-state index contributed by atoms with van der Waals surface area (Å²) < 4.78 is 5.62. The van der Waals surface area contributed by atoms with Crippen LogP contribution in [0.25, 0.3) is 0 Å². The molecule has 2 heterocycles. The molecule has 0 aliphatic carbocycles. The van der Waals surface area contributed by atoms with Crippen LogP contribution in [0.2, 0.25) is 0 Å². The Morgan fingerprint density at radius 1 is 1.31 bits per heavy atom. The molecule has 0 saturated carbocycles. The number of likely N-dealkylation sites (N-methyl/N-ethyl adjacent to an activating group) is 1. The lowest BCUT2D eigenvalue weighted by atomic mass is 10.2. The first kappa shape index (κ1) is 12.3. The first-order valence-corrected chi connectivity index (χ1v) is 6.96. The Bertz CT molecular complexity index is 192. The Hall–Kier alpha value is -0.120. The smallest absolute Gasteiger partial charge is 0.0588 e. The van der Waals surface area contributed by atoms with Gasteiger partial charge < -0.3 is 10.1 Å². The third-order valence-electron chi connectivity index (χ3n) is 3.95. The van der Waals surface area contributed by atoms with Gasteiger partial charge in [0.05, 0.1) is 6.10 Å². The van der Waals surface area contributed by atoms with Gasteiger partial charge in [0, 0.05) is 19.2 Å². The third kappa shape index (κ3) is 3.44. The minimum Gasteiger partial charge on any atom is -0.378 e. The molecule has 2 atom stereocenters. The molecule has 2 unspecified atom stereocenters. The minimum atomic E-state index is 0.540. The van der Waals surface area contributed by atoms with Gasteiger partial charge in [0.2, 0.25) is 0 Å². The van der Waals surface area contributed by atoms with Gasteiger partial charge in [-0.3, -0.25) is 4.90 Å². The van der Waals surface area contributed by atoms with Crippen LogP contribution in [0.1, 0.15) is 39.0 Å². The van der Waals surface area contributed by atoms with Crippen molar-refractivity contribution in [1.29, 1.82) is 0 Å². The van der Waals surface area contributed by atoms with Gasteiger partial charge in [0.1, 0.15) is 0 Å². The standard InChI is InChI=1S/C13H26N2O/c1-2-15-9-3-5-12(15)11-14-8-7-13-6-4-10-16-13/h12-14H,2-11H2,1H3. The van der Waals surface area contributed by atoms with Gasteiger partial charge in [-0.1, -0.05) is 6.92 Å². The molecular formula is C13H26N2O. The molecule has 2 rings (SSSR count). The number of hydrogen-bond acceptors (Lipinski definition) is 3. The molecule has 0 amide bonds. The van der Waals surface area contributed by atoms with Crippen molar-refractivity contribution in [3.05, 3.63) is 0 Å². The molecule has 1 N–H and O–H groups in total. The first-order chi connectivity index (χ1) is 7.90. The molecule has 0 aromatic heterocycles. The van der Waals surface area contributed by atoms with E-state index in [0.717, 1.165) is 19.2 Å². The van der Waals surface area contributed by atoms with E-state index >= 15 is 0 Å². The third-order valence-corrected chi connectivity index (χ3v) is 3.95. The van der Waals surface area contributed by atoms with Crippen LogP contribution in [-0.4, -0.2) is 49.8 Å². The summed E-state index contributed by atoms with van der Waals surface area (Å²) in [5, 5.41) is 3.60. The highest BCUT2D eigenvalue weighted by Crippen LogP contribution is 2.16. The average molecular weight is 226 g/mol. The maximum atomic E-state index is 5.62. The summed E-state index contributed by atoms with van der Waals surface area (Å²) in [7, 11) is 0. The maximum Gasteiger partial charge on any atom is 0.0588 e. The summed E-state index contributed by atoms with van der Waals surface area (Å²) in [4.78, 5) is 2.60. The molecule has 0 spiro atoms. The van der Waals surface area contributed by atoms with Crippen LogP contribution in [0.5, 0.6) is 0 Å². The fourth-order valence-corrected chi connectivity index (χ4v) is 2.95. The molecule has 0 radical (unpaired) electrons. The van der Waals surface area contributed by atoms with E-state index in [1.807, 2.05) is 0 Å². The van der Waals surface area contributed by atoms with Gasteiger partial charge in [-0.15, -0.1) is 0 Å². The molecule has 2 fully saturated rings. The molecule has 0 aromatic rings. The van der Waals surface area contributed by atoms with Gasteiger partial charge in [0.15, 0.2) is 0 Å². The summed E-state index contributed by atoms with van der Waals surface area (Å²) in [6.07, 6.45) is 7.02. The second-order valence-electron chi connectivity index (χ2n) is 5.05.